The van der Waals surface area contributed by atoms with E-state index >= 15 is 0 Å². The summed E-state index contributed by atoms with van der Waals surface area (Å²) in [4.78, 5) is 36.7. The fraction of sp³-hybridized carbons (Fsp3) is 0.167. The molecule has 0 aliphatic rings. The van der Waals surface area contributed by atoms with Gasteiger partial charge in [0.2, 0.25) is 0 Å². The Morgan fingerprint density at radius 3 is 2.61 bits per heavy atom. The smallest absolute Gasteiger partial charge is 0.446 e. The van der Waals surface area contributed by atoms with Gasteiger partial charge >= 0.3 is 11.7 Å². The van der Waals surface area contributed by atoms with E-state index in [-0.39, 0.29) is 17.7 Å². The standard InChI is InChI=1S/C12H10N2O4/c1-2-18-12(17)10(14-13)11(16)9-6-4-3-5-8(9)7-15/h3-7H,2H2,1H3. The van der Waals surface area contributed by atoms with Gasteiger partial charge in [-0.1, -0.05) is 24.3 Å². The molecule has 0 aliphatic carbocycles. The van der Waals surface area contributed by atoms with Crippen molar-refractivity contribution in [2.45, 2.75) is 6.92 Å². The highest BCUT2D eigenvalue weighted by Gasteiger charge is 2.33. The Hall–Kier alpha value is -2.59. The molecule has 0 N–H and O–H groups in total. The van der Waals surface area contributed by atoms with Gasteiger partial charge in [-0.2, -0.15) is 4.79 Å². The van der Waals surface area contributed by atoms with E-state index in [0.29, 0.717) is 6.29 Å². The molecule has 1 rings (SSSR count). The third kappa shape index (κ3) is 2.75. The summed E-state index contributed by atoms with van der Waals surface area (Å²) in [6, 6.07) is 5.87. The average molecular weight is 246 g/mol. The molecule has 0 saturated carbocycles. The molecule has 0 spiro atoms. The minimum Gasteiger partial charge on any atom is -0.457 e. The molecular formula is C12H10N2O4. The zero-order valence-electron chi connectivity index (χ0n) is 9.62. The van der Waals surface area contributed by atoms with Crippen LogP contribution in [0.5, 0.6) is 0 Å². The van der Waals surface area contributed by atoms with Gasteiger partial charge in [0.15, 0.2) is 6.29 Å². The van der Waals surface area contributed by atoms with Gasteiger partial charge in [0.1, 0.15) is 0 Å². The largest absolute Gasteiger partial charge is 0.457 e. The summed E-state index contributed by atoms with van der Waals surface area (Å²) in [5, 5.41) is 0. The van der Waals surface area contributed by atoms with Crippen LogP contribution in [0.1, 0.15) is 27.6 Å². The minimum atomic E-state index is -1.04. The third-order valence-electron chi connectivity index (χ3n) is 2.12. The van der Waals surface area contributed by atoms with Crippen LogP contribution in [-0.4, -0.2) is 35.1 Å². The normalized spacial score (nSPS) is 9.17. The van der Waals surface area contributed by atoms with Crippen molar-refractivity contribution in [2.75, 3.05) is 6.61 Å². The molecule has 92 valence electrons. The highest BCUT2D eigenvalue weighted by atomic mass is 16.5. The average Bonchev–Trinajstić information content (AvgIpc) is 2.39. The SMILES string of the molecule is CCOC(=O)C(=[N+]=[N-])C(=O)c1ccccc1C=O. The first-order chi connectivity index (χ1) is 8.65. The number of carbonyl (C=O) groups excluding carboxylic acids is 3. The molecule has 0 amide bonds. The van der Waals surface area contributed by atoms with E-state index < -0.39 is 17.5 Å². The molecule has 6 heteroatoms. The number of hydrogen-bond donors (Lipinski definition) is 0. The number of benzene rings is 1. The Morgan fingerprint density at radius 1 is 1.39 bits per heavy atom. The first-order valence-corrected chi connectivity index (χ1v) is 5.13. The summed E-state index contributed by atoms with van der Waals surface area (Å²) in [5.41, 5.74) is 8.02. The first kappa shape index (κ1) is 13.5. The van der Waals surface area contributed by atoms with Crippen molar-refractivity contribution < 1.29 is 23.9 Å². The summed E-state index contributed by atoms with van der Waals surface area (Å²) in [5.74, 6) is -1.90. The van der Waals surface area contributed by atoms with Gasteiger partial charge in [0.25, 0.3) is 5.78 Å². The molecule has 0 saturated heterocycles. The molecule has 18 heavy (non-hydrogen) atoms. The van der Waals surface area contributed by atoms with Crippen LogP contribution >= 0.6 is 0 Å². The molecule has 1 aromatic rings. The van der Waals surface area contributed by atoms with Crippen molar-refractivity contribution in [3.05, 3.63) is 40.9 Å². The van der Waals surface area contributed by atoms with E-state index in [1.165, 1.54) is 18.2 Å². The lowest BCUT2D eigenvalue weighted by atomic mass is 10.0. The zero-order valence-corrected chi connectivity index (χ0v) is 9.62. The monoisotopic (exact) mass is 246 g/mol. The van der Waals surface area contributed by atoms with Crippen molar-refractivity contribution in [3.63, 3.8) is 0 Å². The molecule has 0 atom stereocenters. The van der Waals surface area contributed by atoms with Gasteiger partial charge in [0.05, 0.1) is 6.61 Å². The van der Waals surface area contributed by atoms with Crippen LogP contribution in [0.15, 0.2) is 24.3 Å². The Kier molecular flexibility index (Phi) is 4.66. The molecule has 0 fully saturated rings. The van der Waals surface area contributed by atoms with Crippen LogP contribution in [0.25, 0.3) is 5.53 Å². The molecule has 0 aliphatic heterocycles. The number of rotatable bonds is 5. The number of carbonyl (C=O) groups is 3. The molecule has 0 radical (unpaired) electrons. The van der Waals surface area contributed by atoms with Crippen LogP contribution in [0.4, 0.5) is 0 Å². The van der Waals surface area contributed by atoms with Crippen molar-refractivity contribution in [1.29, 1.82) is 0 Å². The van der Waals surface area contributed by atoms with Gasteiger partial charge in [-0.25, -0.2) is 4.79 Å². The van der Waals surface area contributed by atoms with Gasteiger partial charge in [-0.05, 0) is 6.92 Å². The van der Waals surface area contributed by atoms with Crippen LogP contribution in [0.2, 0.25) is 0 Å². The first-order valence-electron chi connectivity index (χ1n) is 5.13. The van der Waals surface area contributed by atoms with E-state index in [2.05, 4.69) is 9.53 Å². The molecule has 6 nitrogen and oxygen atoms in total. The second-order valence-corrected chi connectivity index (χ2v) is 3.20. The Labute approximate surface area is 103 Å². The lowest BCUT2D eigenvalue weighted by molar-refractivity contribution is -0.139. The second-order valence-electron chi connectivity index (χ2n) is 3.20. The number of Topliss-reactive ketones (excluding diaryl/α,β-unsaturated/α-hetero) is 1. The maximum atomic E-state index is 11.9. The van der Waals surface area contributed by atoms with Gasteiger partial charge in [0, 0.05) is 11.1 Å². The fourth-order valence-electron chi connectivity index (χ4n) is 1.31. The summed E-state index contributed by atoms with van der Waals surface area (Å²) in [6.45, 7) is 1.59. The second kappa shape index (κ2) is 6.22. The number of aldehydes is 1. The Balaban J connectivity index is 3.17. The highest BCUT2D eigenvalue weighted by Crippen LogP contribution is 2.08. The van der Waals surface area contributed by atoms with E-state index in [4.69, 9.17) is 5.53 Å². The predicted molar refractivity (Wildman–Crippen MR) is 61.4 cm³/mol. The number of nitrogens with zero attached hydrogens (tertiary/aromatic N) is 2. The maximum absolute atomic E-state index is 11.9. The molecule has 1 aromatic carbocycles. The molecule has 0 aromatic heterocycles. The predicted octanol–water partition coefficient (Wildman–Crippen LogP) is 0.916. The summed E-state index contributed by atoms with van der Waals surface area (Å²) < 4.78 is 4.57. The highest BCUT2D eigenvalue weighted by molar-refractivity contribution is 6.66. The van der Waals surface area contributed by atoms with Gasteiger partial charge < -0.3 is 10.3 Å². The number of esters is 1. The third-order valence-corrected chi connectivity index (χ3v) is 2.12. The van der Waals surface area contributed by atoms with Gasteiger partial charge in [-0.15, -0.1) is 0 Å². The van der Waals surface area contributed by atoms with Crippen LogP contribution in [-0.2, 0) is 9.53 Å². The van der Waals surface area contributed by atoms with Gasteiger partial charge in [-0.3, -0.25) is 9.59 Å². The van der Waals surface area contributed by atoms with Crippen molar-refractivity contribution in [2.24, 2.45) is 0 Å². The topological polar surface area (TPSA) is 96.8 Å². The lowest BCUT2D eigenvalue weighted by Gasteiger charge is -2.00. The zero-order chi connectivity index (χ0) is 13.5. The fourth-order valence-corrected chi connectivity index (χ4v) is 1.31. The Bertz CT molecular complexity index is 545. The number of ketones is 1. The summed E-state index contributed by atoms with van der Waals surface area (Å²) in [7, 11) is 0. The van der Waals surface area contributed by atoms with Crippen molar-refractivity contribution in [1.82, 2.24) is 0 Å². The maximum Gasteiger partial charge on any atom is 0.446 e. The molecule has 0 heterocycles. The van der Waals surface area contributed by atoms with Crippen molar-refractivity contribution >= 4 is 23.8 Å². The van der Waals surface area contributed by atoms with Crippen LogP contribution < -0.4 is 0 Å². The Morgan fingerprint density at radius 2 is 2.06 bits per heavy atom. The quantitative estimate of drug-likeness (QED) is 0.147. The molecule has 0 bridgehead atoms. The van der Waals surface area contributed by atoms with E-state index in [9.17, 15) is 14.4 Å². The molecule has 0 unspecified atom stereocenters. The van der Waals surface area contributed by atoms with E-state index in [1.54, 1.807) is 13.0 Å². The van der Waals surface area contributed by atoms with Crippen molar-refractivity contribution in [3.8, 4) is 0 Å². The molecular weight excluding hydrogens is 236 g/mol. The van der Waals surface area contributed by atoms with Crippen LogP contribution in [0, 0.1) is 0 Å². The summed E-state index contributed by atoms with van der Waals surface area (Å²) >= 11 is 0. The number of ether oxygens (including phenoxy) is 1. The minimum absolute atomic E-state index is 0.0200. The summed E-state index contributed by atoms with van der Waals surface area (Å²) in [6.07, 6.45) is 0.480. The van der Waals surface area contributed by atoms with E-state index in [1.807, 2.05) is 0 Å². The lowest BCUT2D eigenvalue weighted by Crippen LogP contribution is -2.28. The number of hydrogen-bond acceptors (Lipinski definition) is 4. The van der Waals surface area contributed by atoms with Crippen LogP contribution in [0.3, 0.4) is 0 Å². The van der Waals surface area contributed by atoms with E-state index in [0.717, 1.165) is 0 Å².